The molecule has 0 saturated heterocycles. The van der Waals surface area contributed by atoms with E-state index in [4.69, 9.17) is 9.47 Å². The zero-order valence-corrected chi connectivity index (χ0v) is 17.5. The molecule has 5 nitrogen and oxygen atoms in total. The molecule has 4 rings (SSSR count). The van der Waals surface area contributed by atoms with Crippen molar-refractivity contribution in [3.63, 3.8) is 0 Å². The molecule has 2 aliphatic heterocycles. The van der Waals surface area contributed by atoms with Gasteiger partial charge in [0, 0.05) is 19.8 Å². The summed E-state index contributed by atoms with van der Waals surface area (Å²) >= 11 is 0. The fourth-order valence-electron chi connectivity index (χ4n) is 4.89. The molecule has 0 bridgehead atoms. The Morgan fingerprint density at radius 2 is 1.86 bits per heavy atom. The van der Waals surface area contributed by atoms with Gasteiger partial charge in [-0.3, -0.25) is 9.59 Å². The summed E-state index contributed by atoms with van der Waals surface area (Å²) in [6, 6.07) is 7.95. The standard InChI is InChI=1S/C24H31NO4/c1-3-16-10-12-17(13-11-16)21-20-22(26)18-8-5-6-9-19(18)29-23(20)24(27)25(21)14-7-15-28-4-2/h10-13,18-19,21H,3-9,14-15H2,1-2H3. The molecular weight excluding hydrogens is 366 g/mol. The van der Waals surface area contributed by atoms with Crippen molar-refractivity contribution in [1.29, 1.82) is 0 Å². The highest BCUT2D eigenvalue weighted by atomic mass is 16.5. The molecule has 29 heavy (non-hydrogen) atoms. The number of ketones is 1. The van der Waals surface area contributed by atoms with Crippen LogP contribution in [0.1, 0.15) is 63.1 Å². The average molecular weight is 398 g/mol. The lowest BCUT2D eigenvalue weighted by Crippen LogP contribution is -2.39. The Kier molecular flexibility index (Phi) is 6.04. The molecule has 3 atom stereocenters. The van der Waals surface area contributed by atoms with E-state index in [1.165, 1.54) is 5.56 Å². The summed E-state index contributed by atoms with van der Waals surface area (Å²) in [4.78, 5) is 28.6. The van der Waals surface area contributed by atoms with Crippen molar-refractivity contribution in [2.24, 2.45) is 5.92 Å². The summed E-state index contributed by atoms with van der Waals surface area (Å²) in [5.74, 6) is 0.190. The number of carbonyl (C=O) groups excluding carboxylic acids is 2. The smallest absolute Gasteiger partial charge is 0.290 e. The number of fused-ring (bicyclic) bond motifs is 1. The lowest BCUT2D eigenvalue weighted by atomic mass is 9.77. The Bertz CT molecular complexity index is 798. The van der Waals surface area contributed by atoms with Crippen LogP contribution in [0.15, 0.2) is 35.6 Å². The second kappa shape index (κ2) is 8.70. The molecule has 3 unspecified atom stereocenters. The van der Waals surface area contributed by atoms with Crippen molar-refractivity contribution in [3.8, 4) is 0 Å². The number of hydrogen-bond acceptors (Lipinski definition) is 4. The van der Waals surface area contributed by atoms with Gasteiger partial charge >= 0.3 is 0 Å². The molecule has 1 aromatic carbocycles. The van der Waals surface area contributed by atoms with E-state index in [9.17, 15) is 9.59 Å². The van der Waals surface area contributed by atoms with E-state index < -0.39 is 0 Å². The SMILES string of the molecule is CCOCCCN1C(=O)C2=C(C(=O)C3CCCCC3O2)C1c1ccc(CC)cc1. The molecule has 0 N–H and O–H groups in total. The molecule has 3 aliphatic rings. The zero-order valence-electron chi connectivity index (χ0n) is 17.5. The van der Waals surface area contributed by atoms with Gasteiger partial charge in [-0.25, -0.2) is 0 Å². The Labute approximate surface area is 173 Å². The fraction of sp³-hybridized carbons (Fsp3) is 0.583. The van der Waals surface area contributed by atoms with Gasteiger partial charge < -0.3 is 14.4 Å². The molecule has 1 fully saturated rings. The molecule has 0 spiro atoms. The number of ether oxygens (including phenoxy) is 2. The number of nitrogens with zero attached hydrogens (tertiary/aromatic N) is 1. The van der Waals surface area contributed by atoms with Gasteiger partial charge in [-0.1, -0.05) is 37.6 Å². The van der Waals surface area contributed by atoms with Crippen molar-refractivity contribution in [2.45, 2.75) is 64.5 Å². The number of Topliss-reactive ketones (excluding diaryl/α,β-unsaturated/α-hetero) is 1. The summed E-state index contributed by atoms with van der Waals surface area (Å²) in [7, 11) is 0. The molecule has 156 valence electrons. The van der Waals surface area contributed by atoms with E-state index in [0.717, 1.165) is 44.1 Å². The fourth-order valence-corrected chi connectivity index (χ4v) is 4.89. The normalized spacial score (nSPS) is 26.4. The predicted octanol–water partition coefficient (Wildman–Crippen LogP) is 3.97. The summed E-state index contributed by atoms with van der Waals surface area (Å²) in [6.07, 6.45) is 5.41. The molecule has 1 aromatic rings. The highest BCUT2D eigenvalue weighted by molar-refractivity contribution is 6.11. The molecule has 1 aliphatic carbocycles. The summed E-state index contributed by atoms with van der Waals surface area (Å²) < 4.78 is 11.7. The number of hydrogen-bond donors (Lipinski definition) is 0. The number of aryl methyl sites for hydroxylation is 1. The van der Waals surface area contributed by atoms with Gasteiger partial charge in [0.15, 0.2) is 11.5 Å². The van der Waals surface area contributed by atoms with E-state index in [1.807, 2.05) is 11.8 Å². The van der Waals surface area contributed by atoms with Gasteiger partial charge in [-0.05, 0) is 50.2 Å². The van der Waals surface area contributed by atoms with Gasteiger partial charge in [0.25, 0.3) is 5.91 Å². The first-order chi connectivity index (χ1) is 14.2. The maximum Gasteiger partial charge on any atom is 0.290 e. The Morgan fingerprint density at radius 1 is 1.10 bits per heavy atom. The predicted molar refractivity (Wildman–Crippen MR) is 110 cm³/mol. The van der Waals surface area contributed by atoms with Crippen LogP contribution in [0.2, 0.25) is 0 Å². The Morgan fingerprint density at radius 3 is 2.59 bits per heavy atom. The third-order valence-corrected chi connectivity index (χ3v) is 6.45. The van der Waals surface area contributed by atoms with E-state index in [1.54, 1.807) is 0 Å². The minimum atomic E-state index is -0.347. The topological polar surface area (TPSA) is 55.8 Å². The minimum absolute atomic E-state index is 0.101. The van der Waals surface area contributed by atoms with Crippen LogP contribution in [0.25, 0.3) is 0 Å². The van der Waals surface area contributed by atoms with Gasteiger partial charge in [-0.15, -0.1) is 0 Å². The van der Waals surface area contributed by atoms with E-state index in [-0.39, 0.29) is 29.8 Å². The number of amides is 1. The minimum Gasteiger partial charge on any atom is -0.483 e. The van der Waals surface area contributed by atoms with E-state index in [0.29, 0.717) is 31.1 Å². The third kappa shape index (κ3) is 3.73. The second-order valence-corrected chi connectivity index (χ2v) is 8.20. The molecule has 0 aromatic heterocycles. The number of benzene rings is 1. The summed E-state index contributed by atoms with van der Waals surface area (Å²) in [6.45, 7) is 5.91. The lowest BCUT2D eigenvalue weighted by Gasteiger charge is -2.35. The van der Waals surface area contributed by atoms with Crippen LogP contribution in [0, 0.1) is 5.92 Å². The van der Waals surface area contributed by atoms with Gasteiger partial charge in [0.2, 0.25) is 0 Å². The van der Waals surface area contributed by atoms with E-state index in [2.05, 4.69) is 31.2 Å². The average Bonchev–Trinajstić information content (AvgIpc) is 3.03. The molecular formula is C24H31NO4. The lowest BCUT2D eigenvalue weighted by molar-refractivity contribution is -0.135. The quantitative estimate of drug-likeness (QED) is 0.653. The van der Waals surface area contributed by atoms with Crippen molar-refractivity contribution < 1.29 is 19.1 Å². The zero-order chi connectivity index (χ0) is 20.4. The molecule has 5 heteroatoms. The maximum absolute atomic E-state index is 13.5. The van der Waals surface area contributed by atoms with Crippen molar-refractivity contribution >= 4 is 11.7 Å². The first kappa shape index (κ1) is 20.1. The second-order valence-electron chi connectivity index (χ2n) is 8.20. The third-order valence-electron chi connectivity index (χ3n) is 6.45. The first-order valence-electron chi connectivity index (χ1n) is 11.1. The summed E-state index contributed by atoms with van der Waals surface area (Å²) in [5.41, 5.74) is 2.82. The molecule has 0 radical (unpaired) electrons. The van der Waals surface area contributed by atoms with Gasteiger partial charge in [0.1, 0.15) is 6.10 Å². The van der Waals surface area contributed by atoms with Crippen LogP contribution in [0.4, 0.5) is 0 Å². The van der Waals surface area contributed by atoms with Gasteiger partial charge in [0.05, 0.1) is 17.5 Å². The van der Waals surface area contributed by atoms with Crippen LogP contribution in [-0.4, -0.2) is 42.5 Å². The largest absolute Gasteiger partial charge is 0.483 e. The Balaban J connectivity index is 1.68. The van der Waals surface area contributed by atoms with Crippen LogP contribution < -0.4 is 0 Å². The summed E-state index contributed by atoms with van der Waals surface area (Å²) in [5, 5.41) is 0. The monoisotopic (exact) mass is 397 g/mol. The van der Waals surface area contributed by atoms with Crippen LogP contribution in [0.5, 0.6) is 0 Å². The highest BCUT2D eigenvalue weighted by Crippen LogP contribution is 2.46. The van der Waals surface area contributed by atoms with Gasteiger partial charge in [-0.2, -0.15) is 0 Å². The van der Waals surface area contributed by atoms with Crippen LogP contribution in [-0.2, 0) is 25.5 Å². The van der Waals surface area contributed by atoms with Crippen LogP contribution in [0.3, 0.4) is 0 Å². The first-order valence-corrected chi connectivity index (χ1v) is 11.1. The van der Waals surface area contributed by atoms with Crippen molar-refractivity contribution in [1.82, 2.24) is 4.90 Å². The number of rotatable bonds is 7. The van der Waals surface area contributed by atoms with E-state index >= 15 is 0 Å². The molecule has 1 amide bonds. The number of carbonyl (C=O) groups is 2. The van der Waals surface area contributed by atoms with Crippen LogP contribution >= 0.6 is 0 Å². The highest BCUT2D eigenvalue weighted by Gasteiger charge is 2.51. The molecule has 1 saturated carbocycles. The Hall–Kier alpha value is -2.14. The van der Waals surface area contributed by atoms with Crippen molar-refractivity contribution in [3.05, 3.63) is 46.7 Å². The maximum atomic E-state index is 13.5. The molecule has 2 heterocycles. The van der Waals surface area contributed by atoms with Crippen molar-refractivity contribution in [2.75, 3.05) is 19.8 Å².